The van der Waals surface area contributed by atoms with Gasteiger partial charge in [-0.15, -0.1) is 11.3 Å². The number of hydrogen-bond acceptors (Lipinski definition) is 5. The molecular formula is C20H23ClN4O2S. The van der Waals surface area contributed by atoms with Crippen molar-refractivity contribution in [3.8, 4) is 0 Å². The van der Waals surface area contributed by atoms with Crippen LogP contribution < -0.4 is 10.9 Å². The molecule has 1 N–H and O–H groups in total. The summed E-state index contributed by atoms with van der Waals surface area (Å²) in [5.41, 5.74) is 1.37. The third-order valence-electron chi connectivity index (χ3n) is 4.64. The Morgan fingerprint density at radius 1 is 1.29 bits per heavy atom. The third kappa shape index (κ3) is 3.97. The predicted molar refractivity (Wildman–Crippen MR) is 116 cm³/mol. The topological polar surface area (TPSA) is 67.2 Å². The number of aryl methyl sites for hydroxylation is 2. The summed E-state index contributed by atoms with van der Waals surface area (Å²) >= 11 is 7.41. The van der Waals surface area contributed by atoms with Gasteiger partial charge in [0.05, 0.1) is 11.9 Å². The quantitative estimate of drug-likeness (QED) is 0.680. The van der Waals surface area contributed by atoms with Gasteiger partial charge in [0.1, 0.15) is 16.7 Å². The lowest BCUT2D eigenvalue weighted by Crippen LogP contribution is -2.36. The van der Waals surface area contributed by atoms with Crippen LogP contribution in [0.1, 0.15) is 29.2 Å². The number of amides is 1. The Morgan fingerprint density at radius 2 is 1.93 bits per heavy atom. The van der Waals surface area contributed by atoms with E-state index < -0.39 is 6.04 Å². The minimum atomic E-state index is -0.713. The first kappa shape index (κ1) is 20.5. The maximum atomic E-state index is 13.3. The molecule has 148 valence electrons. The van der Waals surface area contributed by atoms with Gasteiger partial charge in [-0.25, -0.2) is 4.98 Å². The first-order valence-electron chi connectivity index (χ1n) is 8.91. The molecule has 1 amide bonds. The van der Waals surface area contributed by atoms with Gasteiger partial charge < -0.3 is 10.2 Å². The van der Waals surface area contributed by atoms with Crippen molar-refractivity contribution in [3.05, 3.63) is 55.9 Å². The van der Waals surface area contributed by atoms with Gasteiger partial charge in [0, 0.05) is 15.6 Å². The summed E-state index contributed by atoms with van der Waals surface area (Å²) in [4.78, 5) is 34.6. The highest BCUT2D eigenvalue weighted by Gasteiger charge is 2.24. The van der Waals surface area contributed by atoms with Crippen molar-refractivity contribution in [2.75, 3.05) is 19.4 Å². The second-order valence-electron chi connectivity index (χ2n) is 7.08. The third-order valence-corrected chi connectivity index (χ3v) is 6.00. The molecule has 0 bridgehead atoms. The van der Waals surface area contributed by atoms with E-state index in [1.807, 2.05) is 32.8 Å². The number of thiophene rings is 1. The zero-order chi connectivity index (χ0) is 20.6. The van der Waals surface area contributed by atoms with Crippen LogP contribution in [0.4, 0.5) is 5.69 Å². The fourth-order valence-electron chi connectivity index (χ4n) is 3.04. The molecule has 0 fully saturated rings. The van der Waals surface area contributed by atoms with Crippen molar-refractivity contribution in [2.24, 2.45) is 0 Å². The number of rotatable bonds is 5. The number of nitrogens with one attached hydrogen (secondary N) is 1. The van der Waals surface area contributed by atoms with Crippen molar-refractivity contribution in [3.63, 3.8) is 0 Å². The van der Waals surface area contributed by atoms with E-state index in [0.717, 1.165) is 15.3 Å². The van der Waals surface area contributed by atoms with E-state index in [4.69, 9.17) is 16.6 Å². The first-order chi connectivity index (χ1) is 13.2. The molecule has 2 aromatic heterocycles. The average Bonchev–Trinajstić information content (AvgIpc) is 2.90. The molecule has 8 heteroatoms. The van der Waals surface area contributed by atoms with Crippen LogP contribution in [0.5, 0.6) is 0 Å². The number of aromatic nitrogens is 2. The Labute approximate surface area is 172 Å². The van der Waals surface area contributed by atoms with Gasteiger partial charge in [-0.05, 0) is 64.7 Å². The molecule has 0 aliphatic carbocycles. The lowest BCUT2D eigenvalue weighted by molar-refractivity contribution is -0.119. The van der Waals surface area contributed by atoms with Gasteiger partial charge in [0.15, 0.2) is 0 Å². The number of nitrogens with zero attached hydrogens (tertiary/aromatic N) is 3. The monoisotopic (exact) mass is 418 g/mol. The van der Waals surface area contributed by atoms with E-state index in [1.54, 1.807) is 31.2 Å². The molecule has 2 heterocycles. The molecule has 0 spiro atoms. The van der Waals surface area contributed by atoms with Gasteiger partial charge in [0.2, 0.25) is 5.91 Å². The number of halogens is 1. The summed E-state index contributed by atoms with van der Waals surface area (Å²) < 4.78 is 1.51. The van der Waals surface area contributed by atoms with Crippen LogP contribution >= 0.6 is 22.9 Å². The lowest BCUT2D eigenvalue weighted by Gasteiger charge is -2.21. The van der Waals surface area contributed by atoms with Gasteiger partial charge in [-0.2, -0.15) is 0 Å². The number of anilines is 1. The van der Waals surface area contributed by atoms with Gasteiger partial charge >= 0.3 is 0 Å². The standard InChI is InChI=1S/C20H23ClN4O2S/c1-11-13(3)28-19-17(11)20(27)25(16(23-19)10-24(4)5)12(2)18(26)22-15-8-6-14(21)7-9-15/h6-9,12H,10H2,1-5H3,(H,22,26). The van der Waals surface area contributed by atoms with Crippen LogP contribution in [0.2, 0.25) is 5.02 Å². The molecule has 1 atom stereocenters. The van der Waals surface area contributed by atoms with Gasteiger partial charge in [0.25, 0.3) is 5.56 Å². The summed E-state index contributed by atoms with van der Waals surface area (Å²) in [5.74, 6) is 0.290. The zero-order valence-electron chi connectivity index (χ0n) is 16.5. The summed E-state index contributed by atoms with van der Waals surface area (Å²) in [5, 5.41) is 4.03. The van der Waals surface area contributed by atoms with Crippen LogP contribution in [0.3, 0.4) is 0 Å². The molecule has 3 rings (SSSR count). The van der Waals surface area contributed by atoms with E-state index in [1.165, 1.54) is 15.9 Å². The molecule has 0 radical (unpaired) electrons. The molecule has 6 nitrogen and oxygen atoms in total. The number of hydrogen-bond donors (Lipinski definition) is 1. The van der Waals surface area contributed by atoms with E-state index in [2.05, 4.69) is 5.32 Å². The van der Waals surface area contributed by atoms with E-state index in [-0.39, 0.29) is 11.5 Å². The fraction of sp³-hybridized carbons (Fsp3) is 0.350. The highest BCUT2D eigenvalue weighted by Crippen LogP contribution is 2.27. The van der Waals surface area contributed by atoms with Crippen molar-refractivity contribution in [1.29, 1.82) is 0 Å². The van der Waals surface area contributed by atoms with Crippen LogP contribution in [0.25, 0.3) is 10.2 Å². The Bertz CT molecular complexity index is 1090. The highest BCUT2D eigenvalue weighted by molar-refractivity contribution is 7.18. The molecular weight excluding hydrogens is 396 g/mol. The van der Waals surface area contributed by atoms with Crippen molar-refractivity contribution < 1.29 is 4.79 Å². The molecule has 3 aromatic rings. The second-order valence-corrected chi connectivity index (χ2v) is 8.72. The Hall–Kier alpha value is -2.22. The Morgan fingerprint density at radius 3 is 2.54 bits per heavy atom. The summed E-state index contributed by atoms with van der Waals surface area (Å²) in [6.45, 7) is 6.08. The smallest absolute Gasteiger partial charge is 0.263 e. The van der Waals surface area contributed by atoms with Crippen LogP contribution in [-0.2, 0) is 11.3 Å². The molecule has 1 aromatic carbocycles. The van der Waals surface area contributed by atoms with E-state index in [0.29, 0.717) is 28.5 Å². The molecule has 0 saturated heterocycles. The highest BCUT2D eigenvalue weighted by atomic mass is 35.5. The summed E-state index contributed by atoms with van der Waals surface area (Å²) in [7, 11) is 3.81. The van der Waals surface area contributed by atoms with Crippen molar-refractivity contribution in [2.45, 2.75) is 33.4 Å². The van der Waals surface area contributed by atoms with Crippen LogP contribution in [0.15, 0.2) is 29.1 Å². The van der Waals surface area contributed by atoms with Crippen LogP contribution in [0, 0.1) is 13.8 Å². The molecule has 0 aliphatic rings. The number of carbonyl (C=O) groups excluding carboxylic acids is 1. The molecule has 28 heavy (non-hydrogen) atoms. The number of carbonyl (C=O) groups is 1. The van der Waals surface area contributed by atoms with Crippen LogP contribution in [-0.4, -0.2) is 34.5 Å². The zero-order valence-corrected chi connectivity index (χ0v) is 18.1. The lowest BCUT2D eigenvalue weighted by atomic mass is 10.2. The first-order valence-corrected chi connectivity index (χ1v) is 10.1. The molecule has 0 aliphatic heterocycles. The summed E-state index contributed by atoms with van der Waals surface area (Å²) in [6.07, 6.45) is 0. The number of benzene rings is 1. The normalized spacial score (nSPS) is 12.5. The summed E-state index contributed by atoms with van der Waals surface area (Å²) in [6, 6.07) is 6.15. The second kappa shape index (κ2) is 8.03. The fourth-order valence-corrected chi connectivity index (χ4v) is 4.20. The van der Waals surface area contributed by atoms with Crippen molar-refractivity contribution in [1.82, 2.24) is 14.5 Å². The maximum absolute atomic E-state index is 13.3. The SMILES string of the molecule is Cc1sc2nc(CN(C)C)n(C(C)C(=O)Nc3ccc(Cl)cc3)c(=O)c2c1C. The predicted octanol–water partition coefficient (Wildman–Crippen LogP) is 3.99. The minimum Gasteiger partial charge on any atom is -0.324 e. The average molecular weight is 419 g/mol. The minimum absolute atomic E-state index is 0.178. The van der Waals surface area contributed by atoms with E-state index in [9.17, 15) is 9.59 Å². The van der Waals surface area contributed by atoms with Gasteiger partial charge in [-0.1, -0.05) is 11.6 Å². The molecule has 1 unspecified atom stereocenters. The Kier molecular flexibility index (Phi) is 5.88. The van der Waals surface area contributed by atoms with Gasteiger partial charge in [-0.3, -0.25) is 14.2 Å². The van der Waals surface area contributed by atoms with Crippen molar-refractivity contribution >= 4 is 44.7 Å². The largest absolute Gasteiger partial charge is 0.324 e. The molecule has 0 saturated carbocycles. The Balaban J connectivity index is 2.07. The van der Waals surface area contributed by atoms with E-state index >= 15 is 0 Å². The number of fused-ring (bicyclic) bond motifs is 1. The maximum Gasteiger partial charge on any atom is 0.263 e.